The predicted molar refractivity (Wildman–Crippen MR) is 62.7 cm³/mol. The van der Waals surface area contributed by atoms with E-state index in [1.54, 1.807) is 0 Å². The van der Waals surface area contributed by atoms with Crippen LogP contribution in [0.2, 0.25) is 0 Å². The van der Waals surface area contributed by atoms with Gasteiger partial charge in [0.15, 0.2) is 0 Å². The van der Waals surface area contributed by atoms with Crippen molar-refractivity contribution in [1.82, 2.24) is 4.90 Å². The number of benzene rings is 1. The molecule has 2 heterocycles. The van der Waals surface area contributed by atoms with E-state index in [0.717, 1.165) is 6.54 Å². The van der Waals surface area contributed by atoms with E-state index >= 15 is 0 Å². The van der Waals surface area contributed by atoms with Gasteiger partial charge in [0.1, 0.15) is 0 Å². The first-order valence-corrected chi connectivity index (χ1v) is 5.76. The van der Waals surface area contributed by atoms with Crippen LogP contribution >= 0.6 is 0 Å². The molecule has 0 unspecified atom stereocenters. The number of hydrogen-bond acceptors (Lipinski definition) is 1. The molecule has 0 saturated carbocycles. The first-order chi connectivity index (χ1) is 7.30. The number of para-hydroxylation sites is 1. The molecule has 0 aromatic heterocycles. The minimum atomic E-state index is 0. The number of piperidine rings is 1. The van der Waals surface area contributed by atoms with Crippen LogP contribution in [0.25, 0.3) is 5.32 Å². The molecule has 1 aromatic carbocycles. The van der Waals surface area contributed by atoms with Crippen molar-refractivity contribution in [3.8, 4) is 0 Å². The van der Waals surface area contributed by atoms with E-state index in [-0.39, 0.29) is 44.1 Å². The summed E-state index contributed by atoms with van der Waals surface area (Å²) in [5.74, 6) is 0. The van der Waals surface area contributed by atoms with Gasteiger partial charge in [-0.25, -0.2) is 0 Å². The summed E-state index contributed by atoms with van der Waals surface area (Å²) in [5.41, 5.74) is 3.11. The van der Waals surface area contributed by atoms with Gasteiger partial charge in [0.25, 0.3) is 0 Å². The van der Waals surface area contributed by atoms with Crippen molar-refractivity contribution < 1.29 is 44.1 Å². The normalized spacial score (nSPS) is 22.3. The van der Waals surface area contributed by atoms with Gasteiger partial charge in [0, 0.05) is 44.1 Å². The molecule has 0 N–H and O–H groups in total. The molecule has 1 fully saturated rings. The average Bonchev–Trinajstić information content (AvgIpc) is 2.63. The molecular formula is C13H17AcN2-. The monoisotopic (exact) mass is 428 g/mol. The summed E-state index contributed by atoms with van der Waals surface area (Å²) in [6, 6.07) is 8.68. The molecule has 0 aliphatic carbocycles. The van der Waals surface area contributed by atoms with E-state index < -0.39 is 0 Å². The van der Waals surface area contributed by atoms with Crippen LogP contribution < -0.4 is 0 Å². The van der Waals surface area contributed by atoms with E-state index in [1.807, 2.05) is 0 Å². The van der Waals surface area contributed by atoms with Crippen molar-refractivity contribution in [2.75, 3.05) is 26.7 Å². The van der Waals surface area contributed by atoms with Crippen LogP contribution in [0.5, 0.6) is 0 Å². The first-order valence-electron chi connectivity index (χ1n) is 5.76. The maximum absolute atomic E-state index is 4.68. The van der Waals surface area contributed by atoms with Crippen molar-refractivity contribution in [3.05, 3.63) is 35.1 Å². The number of rotatable bonds is 0. The molecule has 1 saturated heterocycles. The summed E-state index contributed by atoms with van der Waals surface area (Å²) in [4.78, 5) is 2.42. The Kier molecular flexibility index (Phi) is 3.99. The third-order valence-electron chi connectivity index (χ3n) is 3.97. The van der Waals surface area contributed by atoms with Crippen LogP contribution in [-0.2, 0) is 5.41 Å². The van der Waals surface area contributed by atoms with Crippen molar-refractivity contribution in [1.29, 1.82) is 0 Å². The SMILES string of the molecule is CN1CCC2(CC1)C[N-]c1ccccc12.[Ac]. The second kappa shape index (κ2) is 4.96. The largest absolute Gasteiger partial charge is 0.683 e. The average molecular weight is 428 g/mol. The molecule has 2 aliphatic heterocycles. The fraction of sp³-hybridized carbons (Fsp3) is 0.538. The van der Waals surface area contributed by atoms with Crippen molar-refractivity contribution in [2.45, 2.75) is 18.3 Å². The van der Waals surface area contributed by atoms with Crippen LogP contribution in [0.15, 0.2) is 24.3 Å². The van der Waals surface area contributed by atoms with Gasteiger partial charge in [-0.2, -0.15) is 0 Å². The van der Waals surface area contributed by atoms with Crippen LogP contribution in [0.3, 0.4) is 0 Å². The summed E-state index contributed by atoms with van der Waals surface area (Å²) in [7, 11) is 2.21. The van der Waals surface area contributed by atoms with Crippen molar-refractivity contribution >= 4 is 5.69 Å². The molecule has 83 valence electrons. The molecule has 2 aliphatic rings. The number of fused-ring (bicyclic) bond motifs is 2. The van der Waals surface area contributed by atoms with E-state index in [4.69, 9.17) is 0 Å². The molecule has 0 bridgehead atoms. The number of nitrogens with zero attached hydrogens (tertiary/aromatic N) is 2. The fourth-order valence-electron chi connectivity index (χ4n) is 2.86. The molecule has 2 nitrogen and oxygen atoms in total. The molecule has 3 heteroatoms. The van der Waals surface area contributed by atoms with Gasteiger partial charge in [-0.05, 0) is 38.4 Å². The summed E-state index contributed by atoms with van der Waals surface area (Å²) >= 11 is 0. The van der Waals surface area contributed by atoms with Crippen LogP contribution in [-0.4, -0.2) is 31.6 Å². The molecule has 3 rings (SSSR count). The van der Waals surface area contributed by atoms with Gasteiger partial charge in [-0.15, -0.1) is 12.2 Å². The van der Waals surface area contributed by atoms with Crippen molar-refractivity contribution in [2.24, 2.45) is 0 Å². The topological polar surface area (TPSA) is 17.3 Å². The zero-order chi connectivity index (χ0) is 10.3. The Bertz CT molecular complexity index is 370. The predicted octanol–water partition coefficient (Wildman–Crippen LogP) is 2.67. The van der Waals surface area contributed by atoms with Crippen molar-refractivity contribution in [3.63, 3.8) is 0 Å². The van der Waals surface area contributed by atoms with Crippen LogP contribution in [0, 0.1) is 44.1 Å². The Morgan fingerprint density at radius 3 is 2.62 bits per heavy atom. The Morgan fingerprint density at radius 1 is 1.19 bits per heavy atom. The maximum atomic E-state index is 4.68. The summed E-state index contributed by atoms with van der Waals surface area (Å²) < 4.78 is 0. The van der Waals surface area contributed by atoms with Gasteiger partial charge >= 0.3 is 0 Å². The summed E-state index contributed by atoms with van der Waals surface area (Å²) in [5, 5.41) is 4.68. The Labute approximate surface area is 133 Å². The molecule has 1 aromatic rings. The molecule has 0 atom stereocenters. The smallest absolute Gasteiger partial charge is 0 e. The Hall–Kier alpha value is 0.422. The molecule has 1 spiro atoms. The van der Waals surface area contributed by atoms with E-state index in [0.29, 0.717) is 5.41 Å². The van der Waals surface area contributed by atoms with E-state index in [9.17, 15) is 0 Å². The maximum Gasteiger partial charge on any atom is 0 e. The third kappa shape index (κ3) is 2.07. The zero-order valence-electron chi connectivity index (χ0n) is 9.82. The molecule has 16 heavy (non-hydrogen) atoms. The number of likely N-dealkylation sites (tertiary alicyclic amines) is 1. The van der Waals surface area contributed by atoms with Gasteiger partial charge in [-0.3, -0.25) is 0 Å². The quantitative estimate of drug-likeness (QED) is 0.622. The molecule has 0 amide bonds. The van der Waals surface area contributed by atoms with E-state index in [2.05, 4.69) is 41.5 Å². The molecule has 1 radical (unpaired) electrons. The van der Waals surface area contributed by atoms with Crippen LogP contribution in [0.4, 0.5) is 5.69 Å². The van der Waals surface area contributed by atoms with Gasteiger partial charge in [-0.1, -0.05) is 29.8 Å². The minimum Gasteiger partial charge on any atom is -0.683 e. The van der Waals surface area contributed by atoms with E-state index in [1.165, 1.54) is 37.2 Å². The second-order valence-corrected chi connectivity index (χ2v) is 4.92. The number of hydrogen-bond donors (Lipinski definition) is 0. The molecular weight excluding hydrogens is 411 g/mol. The minimum absolute atomic E-state index is 0. The van der Waals surface area contributed by atoms with Gasteiger partial charge in [0.05, 0.1) is 0 Å². The van der Waals surface area contributed by atoms with Crippen LogP contribution in [0.1, 0.15) is 18.4 Å². The third-order valence-corrected chi connectivity index (χ3v) is 3.97. The second-order valence-electron chi connectivity index (χ2n) is 4.92. The Balaban J connectivity index is 0.000000963. The van der Waals surface area contributed by atoms with Gasteiger partial charge in [0.2, 0.25) is 0 Å². The standard InChI is InChI=1S/C13H17N2.Ac/c1-15-8-6-13(7-9-15)10-14-12-5-3-2-4-11(12)13;/h2-5H,6-10H2,1H3;/q-1;. The summed E-state index contributed by atoms with van der Waals surface area (Å²) in [6.07, 6.45) is 2.54. The zero-order valence-corrected chi connectivity index (χ0v) is 14.6. The Morgan fingerprint density at radius 2 is 1.88 bits per heavy atom. The summed E-state index contributed by atoms with van der Waals surface area (Å²) in [6.45, 7) is 3.44. The van der Waals surface area contributed by atoms with Gasteiger partial charge < -0.3 is 10.2 Å². The fourth-order valence-corrected chi connectivity index (χ4v) is 2.86. The first kappa shape index (κ1) is 12.9.